The number of ketones is 1. The minimum absolute atomic E-state index is 0.0216. The zero-order chi connectivity index (χ0) is 41.3. The number of aliphatic hydroxyl groups excluding tert-OH is 1. The number of unbranched alkanes of at least 4 members (excludes halogenated alkanes) is 28. The van der Waals surface area contributed by atoms with Crippen LogP contribution in [-0.2, 0) is 28.5 Å². The third-order valence-corrected chi connectivity index (χ3v) is 11.7. The first kappa shape index (κ1) is 54.0. The van der Waals surface area contributed by atoms with E-state index in [1.54, 1.807) is 0 Å². The highest BCUT2D eigenvalue weighted by atomic mass is 16.7. The second kappa shape index (κ2) is 40.4. The molecule has 0 saturated heterocycles. The Morgan fingerprint density at radius 3 is 1.30 bits per heavy atom. The number of aliphatic hydroxyl groups is 1. The van der Waals surface area contributed by atoms with Crippen LogP contribution in [0.3, 0.4) is 0 Å². The van der Waals surface area contributed by atoms with Crippen LogP contribution >= 0.6 is 0 Å². The van der Waals surface area contributed by atoms with Crippen molar-refractivity contribution in [2.45, 2.75) is 251 Å². The predicted molar refractivity (Wildman–Crippen MR) is 238 cm³/mol. The van der Waals surface area contributed by atoms with E-state index in [2.05, 4.69) is 25.7 Å². The second-order valence-electron chi connectivity index (χ2n) is 17.1. The number of nitrogens with zero attached hydrogens (tertiary/aromatic N) is 1. The Kier molecular flexibility index (Phi) is 38.2. The molecule has 2 atom stereocenters. The molecule has 0 heterocycles. The largest absolute Gasteiger partial charge is 0.466 e. The number of esters is 1. The van der Waals surface area contributed by atoms with Gasteiger partial charge in [0.2, 0.25) is 5.78 Å². The summed E-state index contributed by atoms with van der Waals surface area (Å²) in [5.74, 6) is -1.21. The molecule has 1 N–H and O–H groups in total. The molecule has 1 rings (SSSR count). The van der Waals surface area contributed by atoms with Crippen molar-refractivity contribution >= 4 is 11.8 Å². The summed E-state index contributed by atoms with van der Waals surface area (Å²) >= 11 is 0. The Labute approximate surface area is 353 Å². The molecule has 0 aromatic heterocycles. The van der Waals surface area contributed by atoms with E-state index in [4.69, 9.17) is 18.9 Å². The van der Waals surface area contributed by atoms with E-state index >= 15 is 0 Å². The van der Waals surface area contributed by atoms with Gasteiger partial charge >= 0.3 is 5.97 Å². The molecule has 0 amide bonds. The van der Waals surface area contributed by atoms with Gasteiger partial charge in [0.05, 0.1) is 26.4 Å². The van der Waals surface area contributed by atoms with E-state index in [9.17, 15) is 14.7 Å². The van der Waals surface area contributed by atoms with Crippen molar-refractivity contribution in [1.82, 2.24) is 4.90 Å². The average molecular weight is 810 g/mol. The summed E-state index contributed by atoms with van der Waals surface area (Å²) in [5.41, 5.74) is 0. The van der Waals surface area contributed by atoms with Crippen LogP contribution in [0, 0.1) is 0 Å². The number of rotatable bonds is 47. The average Bonchev–Trinajstić information content (AvgIpc) is 3.77. The fraction of sp³-hybridized carbons (Fsp3) is 0.959. The van der Waals surface area contributed by atoms with E-state index in [0.29, 0.717) is 32.8 Å². The Hall–Kier alpha value is -1.06. The van der Waals surface area contributed by atoms with Crippen LogP contribution in [0.5, 0.6) is 0 Å². The molecule has 0 bridgehead atoms. The number of carbonyl (C=O) groups is 2. The number of hydrogen-bond donors (Lipinski definition) is 1. The maximum absolute atomic E-state index is 13.0. The quantitative estimate of drug-likeness (QED) is 0.0369. The number of hydrogen-bond acceptors (Lipinski definition) is 8. The van der Waals surface area contributed by atoms with Gasteiger partial charge < -0.3 is 29.0 Å². The van der Waals surface area contributed by atoms with Crippen molar-refractivity contribution in [3.05, 3.63) is 0 Å². The summed E-state index contributed by atoms with van der Waals surface area (Å²) in [6, 6.07) is 0. The number of Topliss-reactive ketones (excluding diaryl/α,β-unsaturated/α-hetero) is 1. The van der Waals surface area contributed by atoms with Crippen molar-refractivity contribution in [1.29, 1.82) is 0 Å². The van der Waals surface area contributed by atoms with Crippen LogP contribution in [0.1, 0.15) is 239 Å². The molecule has 2 unspecified atom stereocenters. The van der Waals surface area contributed by atoms with E-state index in [-0.39, 0.29) is 18.4 Å². The monoisotopic (exact) mass is 810 g/mol. The third kappa shape index (κ3) is 30.6. The summed E-state index contributed by atoms with van der Waals surface area (Å²) in [5, 5.41) is 9.58. The van der Waals surface area contributed by atoms with E-state index in [0.717, 1.165) is 90.3 Å². The lowest BCUT2D eigenvalue weighted by atomic mass is 10.1. The van der Waals surface area contributed by atoms with E-state index in [1.807, 2.05) is 0 Å². The lowest BCUT2D eigenvalue weighted by Crippen LogP contribution is -2.29. The van der Waals surface area contributed by atoms with Gasteiger partial charge in [0.15, 0.2) is 6.10 Å². The molecule has 1 aliphatic rings. The normalized spacial score (nSPS) is 16.6. The fourth-order valence-corrected chi connectivity index (χ4v) is 7.78. The third-order valence-electron chi connectivity index (χ3n) is 11.7. The summed E-state index contributed by atoms with van der Waals surface area (Å²) in [4.78, 5) is 27.4. The molecule has 0 spiro atoms. The molecule has 0 aromatic carbocycles. The van der Waals surface area contributed by atoms with Gasteiger partial charge in [-0.05, 0) is 58.0 Å². The Morgan fingerprint density at radius 2 is 0.860 bits per heavy atom. The summed E-state index contributed by atoms with van der Waals surface area (Å²) in [7, 11) is 0. The Morgan fingerprint density at radius 1 is 0.491 bits per heavy atom. The van der Waals surface area contributed by atoms with Gasteiger partial charge in [-0.1, -0.05) is 188 Å². The molecule has 338 valence electrons. The highest BCUT2D eigenvalue weighted by Gasteiger charge is 2.70. The smallest absolute Gasteiger partial charge is 0.305 e. The Bertz CT molecular complexity index is 888. The van der Waals surface area contributed by atoms with Crippen molar-refractivity contribution in [3.8, 4) is 0 Å². The standard InChI is InChI=1S/C49H95NO7/c1-4-7-10-13-18-26-33-42-54-46(52)37-30-23-22-25-32-39-50(40-41-51)38-31-24-17-16-21-29-36-45-57-49(56-44-35-28-20-15-12-9-6-3)47(53)48(49)55-43-34-27-19-14-11-8-5-2/h48,51H,4-45H2,1-3H3. The summed E-state index contributed by atoms with van der Waals surface area (Å²) in [6.45, 7) is 12.1. The predicted octanol–water partition coefficient (Wildman–Crippen LogP) is 12.8. The SMILES string of the molecule is CCCCCCCCCOC(=O)CCCCCCCN(CCO)CCCCCCCCCOC1(OCCCCCCCCC)C(=O)C1OCCCCCCCCC. The maximum atomic E-state index is 13.0. The van der Waals surface area contributed by atoms with E-state index in [1.165, 1.54) is 141 Å². The van der Waals surface area contributed by atoms with Crippen molar-refractivity contribution in [3.63, 3.8) is 0 Å². The molecule has 1 fully saturated rings. The van der Waals surface area contributed by atoms with Crippen molar-refractivity contribution < 1.29 is 33.6 Å². The van der Waals surface area contributed by atoms with Crippen LogP contribution in [0.15, 0.2) is 0 Å². The van der Waals surface area contributed by atoms with Gasteiger partial charge in [-0.2, -0.15) is 0 Å². The van der Waals surface area contributed by atoms with Crippen LogP contribution in [-0.4, -0.2) is 86.3 Å². The maximum Gasteiger partial charge on any atom is 0.305 e. The molecule has 0 aromatic rings. The second-order valence-corrected chi connectivity index (χ2v) is 17.1. The first-order chi connectivity index (χ1) is 28.1. The minimum atomic E-state index is -1.16. The minimum Gasteiger partial charge on any atom is -0.466 e. The first-order valence-corrected chi connectivity index (χ1v) is 25.0. The molecule has 0 radical (unpaired) electrons. The van der Waals surface area contributed by atoms with Gasteiger partial charge in [-0.3, -0.25) is 9.59 Å². The molecule has 1 saturated carbocycles. The van der Waals surface area contributed by atoms with Crippen LogP contribution in [0.4, 0.5) is 0 Å². The summed E-state index contributed by atoms with van der Waals surface area (Å²) < 4.78 is 23.8. The van der Waals surface area contributed by atoms with Gasteiger partial charge in [-0.25, -0.2) is 0 Å². The van der Waals surface area contributed by atoms with Crippen LogP contribution in [0.2, 0.25) is 0 Å². The van der Waals surface area contributed by atoms with Crippen molar-refractivity contribution in [2.24, 2.45) is 0 Å². The molecule has 0 aliphatic heterocycles. The highest BCUT2D eigenvalue weighted by molar-refractivity contribution is 6.08. The molecular formula is C49H95NO7. The highest BCUT2D eigenvalue weighted by Crippen LogP contribution is 2.40. The Balaban J connectivity index is 2.14. The molecule has 57 heavy (non-hydrogen) atoms. The fourth-order valence-electron chi connectivity index (χ4n) is 7.78. The molecule has 1 aliphatic carbocycles. The first-order valence-electron chi connectivity index (χ1n) is 25.0. The topological polar surface area (TPSA) is 94.5 Å². The van der Waals surface area contributed by atoms with Gasteiger partial charge in [-0.15, -0.1) is 0 Å². The lowest BCUT2D eigenvalue weighted by molar-refractivity contribution is -0.194. The number of carbonyl (C=O) groups excluding carboxylic acids is 2. The molecule has 8 nitrogen and oxygen atoms in total. The zero-order valence-electron chi connectivity index (χ0n) is 38.1. The van der Waals surface area contributed by atoms with Crippen LogP contribution in [0.25, 0.3) is 0 Å². The number of ether oxygens (including phenoxy) is 4. The van der Waals surface area contributed by atoms with Crippen LogP contribution < -0.4 is 0 Å². The molecule has 8 heteroatoms. The van der Waals surface area contributed by atoms with E-state index < -0.39 is 11.9 Å². The molecular weight excluding hydrogens is 715 g/mol. The van der Waals surface area contributed by atoms with Gasteiger partial charge in [0, 0.05) is 19.6 Å². The summed E-state index contributed by atoms with van der Waals surface area (Å²) in [6.07, 6.45) is 39.3. The van der Waals surface area contributed by atoms with Gasteiger partial charge in [0.25, 0.3) is 5.79 Å². The van der Waals surface area contributed by atoms with Crippen molar-refractivity contribution in [2.75, 3.05) is 52.7 Å². The zero-order valence-corrected chi connectivity index (χ0v) is 38.1. The lowest BCUT2D eigenvalue weighted by Gasteiger charge is -2.21. The van der Waals surface area contributed by atoms with Gasteiger partial charge in [0.1, 0.15) is 0 Å².